The topological polar surface area (TPSA) is 162 Å². The largest absolute Gasteiger partial charge is 0.354 e. The Bertz CT molecular complexity index is 1890. The second-order valence-corrected chi connectivity index (χ2v) is 13.8. The third-order valence-corrected chi connectivity index (χ3v) is 10.3. The number of sulfonamides is 1. The highest BCUT2D eigenvalue weighted by atomic mass is 32.2. The Hall–Kier alpha value is -4.92. The Morgan fingerprint density at radius 1 is 0.588 bits per heavy atom. The van der Waals surface area contributed by atoms with E-state index >= 15 is 0 Å². The summed E-state index contributed by atoms with van der Waals surface area (Å²) in [7, 11) is -4.24. The number of hydrogen-bond donors (Lipinski definition) is 4. The summed E-state index contributed by atoms with van der Waals surface area (Å²) in [6.07, 6.45) is 1.87. The fourth-order valence-corrected chi connectivity index (χ4v) is 7.26. The highest BCUT2D eigenvalue weighted by Gasteiger charge is 2.34. The monoisotopic (exact) mass is 713 g/mol. The van der Waals surface area contributed by atoms with Crippen molar-refractivity contribution in [2.75, 3.05) is 73.0 Å². The van der Waals surface area contributed by atoms with E-state index in [4.69, 9.17) is 0 Å². The number of ketones is 2. The van der Waals surface area contributed by atoms with Crippen molar-refractivity contribution in [2.24, 2.45) is 0 Å². The van der Waals surface area contributed by atoms with E-state index in [-0.39, 0.29) is 38.6 Å². The minimum absolute atomic E-state index is 0.0639. The standard InChI is InChI=1S/C37H47N9O4S/c1-5-45(6-2)24-12-22-38-35-41-36(39-23-13-25-46(7-3)8-4)43-37(42-35)40-26-18-20-27(21-19-26)44-51(49,50)31-17-11-16-30-32(31)34(48)29-15-10-9-14-28(29)33(30)47/h9-11,14-21,44H,5-8,12-13,22-25H2,1-4H3,(H3,38,39,40,41,42,43). The minimum Gasteiger partial charge on any atom is -0.354 e. The van der Waals surface area contributed by atoms with E-state index in [0.29, 0.717) is 36.6 Å². The van der Waals surface area contributed by atoms with Crippen molar-refractivity contribution in [3.63, 3.8) is 0 Å². The van der Waals surface area contributed by atoms with Crippen molar-refractivity contribution in [3.8, 4) is 0 Å². The van der Waals surface area contributed by atoms with Crippen molar-refractivity contribution in [1.82, 2.24) is 24.8 Å². The first-order valence-electron chi connectivity index (χ1n) is 17.6. The van der Waals surface area contributed by atoms with E-state index in [1.165, 1.54) is 24.3 Å². The SMILES string of the molecule is CCN(CC)CCCNc1nc(NCCCN(CC)CC)nc(Nc2ccc(NS(=O)(=O)c3cccc4c3C(=O)c3ccccc3C4=O)cc2)n1. The summed E-state index contributed by atoms with van der Waals surface area (Å²) in [5.41, 5.74) is 1.27. The number of nitrogens with zero attached hydrogens (tertiary/aromatic N) is 5. The van der Waals surface area contributed by atoms with Gasteiger partial charge in [-0.15, -0.1) is 0 Å². The molecule has 4 N–H and O–H groups in total. The van der Waals surface area contributed by atoms with E-state index in [2.05, 4.69) is 73.1 Å². The van der Waals surface area contributed by atoms with Crippen molar-refractivity contribution in [3.05, 3.63) is 89.0 Å². The molecule has 0 unspecified atom stereocenters. The lowest BCUT2D eigenvalue weighted by atomic mass is 9.84. The van der Waals surface area contributed by atoms with Gasteiger partial charge in [0.25, 0.3) is 10.0 Å². The van der Waals surface area contributed by atoms with Crippen LogP contribution >= 0.6 is 0 Å². The van der Waals surface area contributed by atoms with Crippen molar-refractivity contribution in [2.45, 2.75) is 45.4 Å². The Kier molecular flexibility index (Phi) is 12.7. The molecule has 0 bridgehead atoms. The van der Waals surface area contributed by atoms with Crippen LogP contribution in [0.2, 0.25) is 0 Å². The summed E-state index contributed by atoms with van der Waals surface area (Å²) >= 11 is 0. The zero-order chi connectivity index (χ0) is 36.4. The molecule has 0 atom stereocenters. The number of aromatic nitrogens is 3. The molecule has 13 nitrogen and oxygen atoms in total. The second kappa shape index (κ2) is 17.3. The smallest absolute Gasteiger partial charge is 0.262 e. The average molecular weight is 714 g/mol. The van der Waals surface area contributed by atoms with Crippen LogP contribution in [0.5, 0.6) is 0 Å². The molecule has 0 aliphatic heterocycles. The first-order valence-corrected chi connectivity index (χ1v) is 19.1. The van der Waals surface area contributed by atoms with Gasteiger partial charge in [-0.1, -0.05) is 64.1 Å². The number of rotatable bonds is 19. The van der Waals surface area contributed by atoms with E-state index in [1.807, 2.05) is 0 Å². The van der Waals surface area contributed by atoms with Crippen LogP contribution in [0.1, 0.15) is 72.4 Å². The molecule has 0 saturated heterocycles. The molecule has 270 valence electrons. The summed E-state index contributed by atoms with van der Waals surface area (Å²) in [5, 5.41) is 9.86. The molecule has 1 aliphatic rings. The number of benzene rings is 3. The molecule has 3 aromatic carbocycles. The van der Waals surface area contributed by atoms with Gasteiger partial charge in [0.2, 0.25) is 17.8 Å². The molecule has 1 aliphatic carbocycles. The van der Waals surface area contributed by atoms with Gasteiger partial charge in [0.15, 0.2) is 11.6 Å². The lowest BCUT2D eigenvalue weighted by molar-refractivity contribution is 0.0976. The maximum absolute atomic E-state index is 13.6. The predicted octanol–water partition coefficient (Wildman–Crippen LogP) is 5.48. The van der Waals surface area contributed by atoms with Gasteiger partial charge in [0, 0.05) is 41.2 Å². The quantitative estimate of drug-likeness (QED) is 0.0799. The molecule has 5 rings (SSSR count). The van der Waals surface area contributed by atoms with Crippen LogP contribution < -0.4 is 20.7 Å². The van der Waals surface area contributed by atoms with Crippen LogP contribution in [0.4, 0.5) is 29.2 Å². The number of nitrogens with one attached hydrogen (secondary N) is 4. The van der Waals surface area contributed by atoms with Gasteiger partial charge in [-0.05, 0) is 82.4 Å². The predicted molar refractivity (Wildman–Crippen MR) is 202 cm³/mol. The molecule has 51 heavy (non-hydrogen) atoms. The molecule has 0 fully saturated rings. The Labute approximate surface area is 300 Å². The molecular formula is C37H47N9O4S. The zero-order valence-electron chi connectivity index (χ0n) is 29.7. The lowest BCUT2D eigenvalue weighted by Gasteiger charge is -2.20. The first kappa shape index (κ1) is 37.3. The fourth-order valence-electron chi connectivity index (χ4n) is 5.97. The van der Waals surface area contributed by atoms with E-state index in [1.54, 1.807) is 42.5 Å². The Balaban J connectivity index is 1.29. The average Bonchev–Trinajstić information content (AvgIpc) is 3.14. The second-order valence-electron chi connectivity index (χ2n) is 12.1. The van der Waals surface area contributed by atoms with Crippen LogP contribution in [0.15, 0.2) is 71.6 Å². The summed E-state index contributed by atoms with van der Waals surface area (Å²) in [6, 6.07) is 17.3. The van der Waals surface area contributed by atoms with Crippen LogP contribution in [0, 0.1) is 0 Å². The Morgan fingerprint density at radius 2 is 1.08 bits per heavy atom. The summed E-state index contributed by atoms with van der Waals surface area (Å²) in [4.78, 5) is 44.8. The van der Waals surface area contributed by atoms with Crippen LogP contribution in [0.25, 0.3) is 0 Å². The number of carbonyl (C=O) groups is 2. The van der Waals surface area contributed by atoms with Gasteiger partial charge in [-0.2, -0.15) is 15.0 Å². The van der Waals surface area contributed by atoms with Gasteiger partial charge in [0.1, 0.15) is 0 Å². The molecular weight excluding hydrogens is 667 g/mol. The van der Waals surface area contributed by atoms with Gasteiger partial charge in [-0.25, -0.2) is 8.42 Å². The van der Waals surface area contributed by atoms with Gasteiger partial charge in [-0.3, -0.25) is 14.3 Å². The third-order valence-electron chi connectivity index (χ3n) is 8.89. The van der Waals surface area contributed by atoms with Crippen LogP contribution in [-0.4, -0.2) is 97.1 Å². The third kappa shape index (κ3) is 9.25. The summed E-state index contributed by atoms with van der Waals surface area (Å²) in [5.74, 6) is 0.333. The maximum atomic E-state index is 13.6. The van der Waals surface area contributed by atoms with Gasteiger partial charge in [0.05, 0.1) is 10.5 Å². The normalized spacial score (nSPS) is 12.5. The number of carbonyl (C=O) groups excluding carboxylic acids is 2. The van der Waals surface area contributed by atoms with Crippen molar-refractivity contribution < 1.29 is 18.0 Å². The minimum atomic E-state index is -4.24. The van der Waals surface area contributed by atoms with Crippen LogP contribution in [-0.2, 0) is 10.0 Å². The van der Waals surface area contributed by atoms with Crippen molar-refractivity contribution in [1.29, 1.82) is 0 Å². The van der Waals surface area contributed by atoms with E-state index in [9.17, 15) is 18.0 Å². The summed E-state index contributed by atoms with van der Waals surface area (Å²) < 4.78 is 29.8. The lowest BCUT2D eigenvalue weighted by Crippen LogP contribution is -2.26. The molecule has 1 heterocycles. The molecule has 0 amide bonds. The molecule has 4 aromatic rings. The Morgan fingerprint density at radius 3 is 1.63 bits per heavy atom. The van der Waals surface area contributed by atoms with E-state index < -0.39 is 15.8 Å². The fraction of sp³-hybridized carbons (Fsp3) is 0.378. The molecule has 0 spiro atoms. The molecule has 0 radical (unpaired) electrons. The molecule has 1 aromatic heterocycles. The number of hydrogen-bond acceptors (Lipinski definition) is 12. The summed E-state index contributed by atoms with van der Waals surface area (Å²) in [6.45, 7) is 16.0. The highest BCUT2D eigenvalue weighted by Crippen LogP contribution is 2.32. The van der Waals surface area contributed by atoms with Gasteiger partial charge < -0.3 is 25.8 Å². The number of anilines is 5. The zero-order valence-corrected chi connectivity index (χ0v) is 30.5. The first-order chi connectivity index (χ1) is 24.7. The maximum Gasteiger partial charge on any atom is 0.262 e. The molecule has 0 saturated carbocycles. The van der Waals surface area contributed by atoms with Crippen LogP contribution in [0.3, 0.4) is 0 Å². The van der Waals surface area contributed by atoms with Gasteiger partial charge >= 0.3 is 0 Å². The van der Waals surface area contributed by atoms with E-state index in [0.717, 1.165) is 52.1 Å². The van der Waals surface area contributed by atoms with Crippen molar-refractivity contribution >= 4 is 50.8 Å². The molecule has 14 heteroatoms. The highest BCUT2D eigenvalue weighted by molar-refractivity contribution is 7.92. The number of fused-ring (bicyclic) bond motifs is 2.